The SMILES string of the molecule is CCC(CC)(C(NC(=O)c1c(C)cccc1C)c1ccccc1)N1CCCC1. The van der Waals surface area contributed by atoms with Crippen LogP contribution >= 0.6 is 0 Å². The van der Waals surface area contributed by atoms with Crippen LogP contribution in [0.5, 0.6) is 0 Å². The van der Waals surface area contributed by atoms with Gasteiger partial charge in [0.05, 0.1) is 6.04 Å². The van der Waals surface area contributed by atoms with Gasteiger partial charge in [-0.25, -0.2) is 0 Å². The van der Waals surface area contributed by atoms with Gasteiger partial charge < -0.3 is 5.32 Å². The fourth-order valence-corrected chi connectivity index (χ4v) is 5.00. The monoisotopic (exact) mass is 378 g/mol. The van der Waals surface area contributed by atoms with Crippen LogP contribution in [0.4, 0.5) is 0 Å². The third kappa shape index (κ3) is 3.86. The van der Waals surface area contributed by atoms with E-state index in [0.29, 0.717) is 0 Å². The largest absolute Gasteiger partial charge is 0.343 e. The Balaban J connectivity index is 2.03. The Morgan fingerprint density at radius 1 is 0.964 bits per heavy atom. The highest BCUT2D eigenvalue weighted by Gasteiger charge is 2.43. The van der Waals surface area contributed by atoms with Gasteiger partial charge in [-0.2, -0.15) is 0 Å². The fourth-order valence-electron chi connectivity index (χ4n) is 5.00. The number of carbonyl (C=O) groups excluding carboxylic acids is 1. The van der Waals surface area contributed by atoms with E-state index >= 15 is 0 Å². The Kier molecular flexibility index (Phi) is 6.56. The van der Waals surface area contributed by atoms with Crippen molar-refractivity contribution >= 4 is 5.91 Å². The molecule has 2 aromatic rings. The Labute approximate surface area is 170 Å². The molecule has 3 nitrogen and oxygen atoms in total. The molecule has 3 rings (SSSR count). The Bertz CT molecular complexity index is 769. The zero-order chi connectivity index (χ0) is 20.1. The first-order chi connectivity index (χ1) is 13.5. The van der Waals surface area contributed by atoms with Crippen LogP contribution < -0.4 is 5.32 Å². The van der Waals surface area contributed by atoms with Crippen molar-refractivity contribution in [1.82, 2.24) is 10.2 Å². The normalized spacial score (nSPS) is 16.1. The van der Waals surface area contributed by atoms with Crippen molar-refractivity contribution in [2.24, 2.45) is 0 Å². The molecule has 1 N–H and O–H groups in total. The minimum absolute atomic E-state index is 0.0340. The molecule has 1 unspecified atom stereocenters. The molecule has 150 valence electrons. The number of benzene rings is 2. The highest BCUT2D eigenvalue weighted by atomic mass is 16.1. The van der Waals surface area contributed by atoms with E-state index in [9.17, 15) is 4.79 Å². The molecule has 28 heavy (non-hydrogen) atoms. The predicted molar refractivity (Wildman–Crippen MR) is 117 cm³/mol. The van der Waals surface area contributed by atoms with Gasteiger partial charge in [0.2, 0.25) is 0 Å². The fraction of sp³-hybridized carbons (Fsp3) is 0.480. The Morgan fingerprint density at radius 2 is 1.54 bits per heavy atom. The van der Waals surface area contributed by atoms with Gasteiger partial charge in [0.25, 0.3) is 5.91 Å². The zero-order valence-corrected chi connectivity index (χ0v) is 17.8. The topological polar surface area (TPSA) is 32.3 Å². The molecule has 1 saturated heterocycles. The molecule has 1 amide bonds. The van der Waals surface area contributed by atoms with E-state index in [4.69, 9.17) is 0 Å². The average molecular weight is 379 g/mol. The summed E-state index contributed by atoms with van der Waals surface area (Å²) in [4.78, 5) is 16.1. The van der Waals surface area contributed by atoms with Crippen molar-refractivity contribution in [1.29, 1.82) is 0 Å². The van der Waals surface area contributed by atoms with Crippen LogP contribution in [0.2, 0.25) is 0 Å². The van der Waals surface area contributed by atoms with Gasteiger partial charge in [-0.1, -0.05) is 62.4 Å². The van der Waals surface area contributed by atoms with Gasteiger partial charge in [-0.05, 0) is 69.3 Å². The van der Waals surface area contributed by atoms with E-state index in [0.717, 1.165) is 42.6 Å². The second-order valence-electron chi connectivity index (χ2n) is 8.09. The van der Waals surface area contributed by atoms with Crippen molar-refractivity contribution in [2.45, 2.75) is 65.0 Å². The molecule has 0 saturated carbocycles. The van der Waals surface area contributed by atoms with Crippen LogP contribution in [0, 0.1) is 13.8 Å². The molecule has 0 radical (unpaired) electrons. The Hall–Kier alpha value is -2.13. The summed E-state index contributed by atoms with van der Waals surface area (Å²) in [7, 11) is 0. The predicted octanol–water partition coefficient (Wildman–Crippen LogP) is 5.43. The second kappa shape index (κ2) is 8.91. The summed E-state index contributed by atoms with van der Waals surface area (Å²) >= 11 is 0. The summed E-state index contributed by atoms with van der Waals surface area (Å²) in [5, 5.41) is 3.47. The Morgan fingerprint density at radius 3 is 2.07 bits per heavy atom. The summed E-state index contributed by atoms with van der Waals surface area (Å²) < 4.78 is 0. The minimum atomic E-state index is -0.0654. The molecular formula is C25H34N2O. The lowest BCUT2D eigenvalue weighted by Gasteiger charge is -2.47. The van der Waals surface area contributed by atoms with Crippen molar-refractivity contribution in [3.8, 4) is 0 Å². The van der Waals surface area contributed by atoms with Gasteiger partial charge in [-0.15, -0.1) is 0 Å². The van der Waals surface area contributed by atoms with Crippen LogP contribution in [0.1, 0.15) is 72.6 Å². The first-order valence-corrected chi connectivity index (χ1v) is 10.7. The molecule has 1 atom stereocenters. The first kappa shape index (κ1) is 20.6. The van der Waals surface area contributed by atoms with E-state index < -0.39 is 0 Å². The number of nitrogens with one attached hydrogen (secondary N) is 1. The minimum Gasteiger partial charge on any atom is -0.343 e. The smallest absolute Gasteiger partial charge is 0.252 e. The average Bonchev–Trinajstić information content (AvgIpc) is 3.24. The number of likely N-dealkylation sites (tertiary alicyclic amines) is 1. The standard InChI is InChI=1S/C25H34N2O/c1-5-25(6-2,27-17-10-11-18-27)23(21-15-8-7-9-16-21)26-24(28)22-19(3)13-12-14-20(22)4/h7-9,12-16,23H,5-6,10-11,17-18H2,1-4H3,(H,26,28). The quantitative estimate of drug-likeness (QED) is 0.697. The maximum atomic E-state index is 13.4. The molecule has 0 aromatic heterocycles. The first-order valence-electron chi connectivity index (χ1n) is 10.7. The van der Waals surface area contributed by atoms with Gasteiger partial charge in [0, 0.05) is 11.1 Å². The van der Waals surface area contributed by atoms with Crippen LogP contribution in [0.25, 0.3) is 0 Å². The summed E-state index contributed by atoms with van der Waals surface area (Å²) in [6.45, 7) is 10.8. The number of carbonyl (C=O) groups is 1. The van der Waals surface area contributed by atoms with Crippen molar-refractivity contribution in [2.75, 3.05) is 13.1 Å². The van der Waals surface area contributed by atoms with E-state index in [1.165, 1.54) is 18.4 Å². The van der Waals surface area contributed by atoms with Crippen LogP contribution in [0.3, 0.4) is 0 Å². The number of nitrogens with zero attached hydrogens (tertiary/aromatic N) is 1. The molecule has 0 aliphatic carbocycles. The highest BCUT2D eigenvalue weighted by Crippen LogP contribution is 2.39. The number of hydrogen-bond donors (Lipinski definition) is 1. The third-order valence-electron chi connectivity index (χ3n) is 6.61. The van der Waals surface area contributed by atoms with Gasteiger partial charge in [0.15, 0.2) is 0 Å². The third-order valence-corrected chi connectivity index (χ3v) is 6.61. The molecule has 0 spiro atoms. The maximum absolute atomic E-state index is 13.4. The molecule has 1 aliphatic heterocycles. The lowest BCUT2D eigenvalue weighted by molar-refractivity contribution is 0.0545. The molecule has 1 heterocycles. The maximum Gasteiger partial charge on any atom is 0.252 e. The molecule has 1 aliphatic rings. The molecular weight excluding hydrogens is 344 g/mol. The van der Waals surface area contributed by atoms with Gasteiger partial charge in [-0.3, -0.25) is 9.69 Å². The van der Waals surface area contributed by atoms with Crippen LogP contribution in [0.15, 0.2) is 48.5 Å². The molecule has 2 aromatic carbocycles. The summed E-state index contributed by atoms with van der Waals surface area (Å²) in [5.74, 6) is 0.0370. The van der Waals surface area contributed by atoms with Gasteiger partial charge in [0.1, 0.15) is 0 Å². The zero-order valence-electron chi connectivity index (χ0n) is 17.8. The molecule has 1 fully saturated rings. The van der Waals surface area contributed by atoms with Crippen molar-refractivity contribution < 1.29 is 4.79 Å². The number of aryl methyl sites for hydroxylation is 2. The van der Waals surface area contributed by atoms with Gasteiger partial charge >= 0.3 is 0 Å². The van der Waals surface area contributed by atoms with E-state index in [1.54, 1.807) is 0 Å². The summed E-state index contributed by atoms with van der Waals surface area (Å²) in [6.07, 6.45) is 4.51. The number of amides is 1. The van der Waals surface area contributed by atoms with Crippen LogP contribution in [-0.4, -0.2) is 29.4 Å². The number of hydrogen-bond acceptors (Lipinski definition) is 2. The van der Waals surface area contributed by atoms with E-state index in [-0.39, 0.29) is 17.5 Å². The lowest BCUT2D eigenvalue weighted by atomic mass is 9.79. The van der Waals surface area contributed by atoms with E-state index in [2.05, 4.69) is 48.3 Å². The van der Waals surface area contributed by atoms with Crippen molar-refractivity contribution in [3.05, 3.63) is 70.8 Å². The second-order valence-corrected chi connectivity index (χ2v) is 8.09. The summed E-state index contributed by atoms with van der Waals surface area (Å²) in [5.41, 5.74) is 4.00. The summed E-state index contributed by atoms with van der Waals surface area (Å²) in [6, 6.07) is 16.5. The number of rotatable bonds is 7. The van der Waals surface area contributed by atoms with E-state index in [1.807, 2.05) is 38.1 Å². The lowest BCUT2D eigenvalue weighted by Crippen LogP contribution is -2.56. The van der Waals surface area contributed by atoms with Crippen molar-refractivity contribution in [3.63, 3.8) is 0 Å². The van der Waals surface area contributed by atoms with Crippen LogP contribution in [-0.2, 0) is 0 Å². The molecule has 0 bridgehead atoms. The highest BCUT2D eigenvalue weighted by molar-refractivity contribution is 5.97. The molecule has 3 heteroatoms.